The molecule has 1 N–H and O–H groups in total. The highest BCUT2D eigenvalue weighted by Crippen LogP contribution is 2.29. The minimum atomic E-state index is -4.05. The number of halogens is 1. The van der Waals surface area contributed by atoms with E-state index in [9.17, 15) is 23.1 Å². The summed E-state index contributed by atoms with van der Waals surface area (Å²) < 4.78 is 35.4. The van der Waals surface area contributed by atoms with Crippen LogP contribution in [0.1, 0.15) is 32.9 Å². The zero-order valence-electron chi connectivity index (χ0n) is 23.1. The van der Waals surface area contributed by atoms with E-state index in [1.54, 1.807) is 50.1 Å². The van der Waals surface area contributed by atoms with E-state index in [1.807, 2.05) is 22.6 Å². The molecule has 1 aliphatic heterocycles. The number of pyridine rings is 1. The van der Waals surface area contributed by atoms with Gasteiger partial charge in [-0.15, -0.1) is 0 Å². The lowest BCUT2D eigenvalue weighted by Gasteiger charge is -2.36. The summed E-state index contributed by atoms with van der Waals surface area (Å²) in [6, 6.07) is 11.8. The Labute approximate surface area is 242 Å². The summed E-state index contributed by atoms with van der Waals surface area (Å²) in [6.07, 6.45) is 0.739. The van der Waals surface area contributed by atoms with E-state index in [2.05, 4.69) is 9.88 Å². The van der Waals surface area contributed by atoms with Crippen molar-refractivity contribution in [3.05, 3.63) is 59.4 Å². The maximum atomic E-state index is 13.5. The number of fused-ring (bicyclic) bond motifs is 2. The molecule has 41 heavy (non-hydrogen) atoms. The van der Waals surface area contributed by atoms with Gasteiger partial charge >= 0.3 is 6.09 Å². The van der Waals surface area contributed by atoms with E-state index in [-0.39, 0.29) is 24.0 Å². The lowest BCUT2D eigenvalue weighted by molar-refractivity contribution is -0.131. The lowest BCUT2D eigenvalue weighted by atomic mass is 10.2. The highest BCUT2D eigenvalue weighted by Gasteiger charge is 2.30. The zero-order valence-corrected chi connectivity index (χ0v) is 24.7. The predicted molar refractivity (Wildman–Crippen MR) is 155 cm³/mol. The van der Waals surface area contributed by atoms with Crippen molar-refractivity contribution in [2.24, 2.45) is 0 Å². The molecule has 0 atom stereocenters. The summed E-state index contributed by atoms with van der Waals surface area (Å²) in [5, 5.41) is 10.1. The summed E-state index contributed by atoms with van der Waals surface area (Å²) in [7, 11) is -4.05. The molecule has 1 aromatic carbocycles. The van der Waals surface area contributed by atoms with E-state index in [0.717, 1.165) is 16.0 Å². The molecule has 218 valence electrons. The van der Waals surface area contributed by atoms with Crippen LogP contribution >= 0.6 is 11.6 Å². The third-order valence-electron chi connectivity index (χ3n) is 6.85. The number of nitrogens with zero attached hydrogens (tertiary/aromatic N) is 5. The van der Waals surface area contributed by atoms with Crippen molar-refractivity contribution in [1.82, 2.24) is 18.9 Å². The van der Waals surface area contributed by atoms with Crippen LogP contribution in [0.25, 0.3) is 16.6 Å². The Bertz CT molecular complexity index is 1730. The SMILES string of the molecule is CC(C)(C)OC(=O)n1c(S(=O)(=O)CCC(=O)N2CCN(c3cccc4nc(CO)cn34)CC2)cc2cc(Cl)ccc21. The van der Waals surface area contributed by atoms with Crippen LogP contribution in [-0.2, 0) is 26.0 Å². The van der Waals surface area contributed by atoms with Gasteiger partial charge in [0.15, 0.2) is 9.84 Å². The van der Waals surface area contributed by atoms with E-state index >= 15 is 0 Å². The van der Waals surface area contributed by atoms with Gasteiger partial charge < -0.3 is 19.6 Å². The predicted octanol–water partition coefficient (Wildman–Crippen LogP) is 3.73. The minimum absolute atomic E-state index is 0.154. The van der Waals surface area contributed by atoms with Crippen LogP contribution in [-0.4, -0.2) is 81.9 Å². The first-order valence-corrected chi connectivity index (χ1v) is 15.3. The number of aromatic nitrogens is 3. The number of hydrogen-bond acceptors (Lipinski definition) is 8. The second-order valence-corrected chi connectivity index (χ2v) is 13.4. The van der Waals surface area contributed by atoms with Crippen LogP contribution in [0.15, 0.2) is 53.7 Å². The standard InChI is InChI=1S/C28H32ClN5O6S/c1-28(2,3)40-27(37)34-22-8-7-20(29)15-19(22)16-26(34)41(38,39)14-9-25(36)32-12-10-31(11-13-32)24-6-4-5-23-30-21(18-35)17-33(23)24/h4-8,15-17,35H,9-14,18H2,1-3H3. The van der Waals surface area contributed by atoms with Crippen molar-refractivity contribution in [1.29, 1.82) is 0 Å². The molecule has 5 rings (SSSR count). The smallest absolute Gasteiger partial charge is 0.420 e. The summed E-state index contributed by atoms with van der Waals surface area (Å²) in [4.78, 5) is 34.3. The first kappa shape index (κ1) is 28.9. The van der Waals surface area contributed by atoms with E-state index in [0.29, 0.717) is 47.8 Å². The molecule has 0 radical (unpaired) electrons. The van der Waals surface area contributed by atoms with Crippen LogP contribution in [0.3, 0.4) is 0 Å². The van der Waals surface area contributed by atoms with Gasteiger partial charge in [-0.2, -0.15) is 0 Å². The summed E-state index contributed by atoms with van der Waals surface area (Å²) in [5.41, 5.74) is 0.801. The quantitative estimate of drug-likeness (QED) is 0.354. The first-order chi connectivity index (χ1) is 19.4. The Kier molecular flexibility index (Phi) is 7.75. The van der Waals surface area contributed by atoms with E-state index < -0.39 is 27.3 Å². The molecule has 0 spiro atoms. The molecule has 11 nitrogen and oxygen atoms in total. The van der Waals surface area contributed by atoms with Gasteiger partial charge in [-0.1, -0.05) is 17.7 Å². The van der Waals surface area contributed by atoms with Crippen LogP contribution in [0.5, 0.6) is 0 Å². The number of rotatable bonds is 6. The maximum absolute atomic E-state index is 13.5. The molecular formula is C28H32ClN5O6S. The van der Waals surface area contributed by atoms with E-state index in [1.165, 1.54) is 6.07 Å². The van der Waals surface area contributed by atoms with Crippen LogP contribution < -0.4 is 4.90 Å². The molecule has 0 saturated carbocycles. The van der Waals surface area contributed by atoms with Gasteiger partial charge in [0.1, 0.15) is 22.1 Å². The van der Waals surface area contributed by atoms with Crippen LogP contribution in [0, 0.1) is 0 Å². The van der Waals surface area contributed by atoms with Crippen molar-refractivity contribution in [3.8, 4) is 0 Å². The third kappa shape index (κ3) is 6.04. The first-order valence-electron chi connectivity index (χ1n) is 13.2. The number of aliphatic hydroxyl groups excluding tert-OH is 1. The third-order valence-corrected chi connectivity index (χ3v) is 8.76. The average Bonchev–Trinajstić information content (AvgIpc) is 3.52. The average molecular weight is 602 g/mol. The fourth-order valence-electron chi connectivity index (χ4n) is 4.94. The van der Waals surface area contributed by atoms with Gasteiger partial charge in [-0.25, -0.2) is 22.8 Å². The number of ether oxygens (including phenoxy) is 1. The number of carbonyl (C=O) groups is 2. The number of carbonyl (C=O) groups excluding carboxylic acids is 2. The Morgan fingerprint density at radius 2 is 1.80 bits per heavy atom. The molecule has 3 aromatic heterocycles. The van der Waals surface area contributed by atoms with Gasteiger partial charge in [0, 0.05) is 49.2 Å². The van der Waals surface area contributed by atoms with Crippen molar-refractivity contribution in [2.45, 2.75) is 44.4 Å². The Balaban J connectivity index is 1.29. The normalized spacial score (nSPS) is 14.7. The molecule has 1 fully saturated rings. The van der Waals surface area contributed by atoms with Gasteiger partial charge in [0.2, 0.25) is 5.91 Å². The van der Waals surface area contributed by atoms with Crippen LogP contribution in [0.2, 0.25) is 5.02 Å². The van der Waals surface area contributed by atoms with Crippen molar-refractivity contribution >= 4 is 55.8 Å². The number of hydrogen-bond donors (Lipinski definition) is 1. The van der Waals surface area contributed by atoms with Crippen molar-refractivity contribution < 1.29 is 27.9 Å². The number of anilines is 1. The Hall–Kier alpha value is -3.61. The minimum Gasteiger partial charge on any atom is -0.443 e. The second kappa shape index (κ2) is 11.0. The Morgan fingerprint density at radius 3 is 2.49 bits per heavy atom. The lowest BCUT2D eigenvalue weighted by Crippen LogP contribution is -2.49. The highest BCUT2D eigenvalue weighted by atomic mass is 35.5. The summed E-state index contributed by atoms with van der Waals surface area (Å²) >= 11 is 6.11. The molecule has 1 saturated heterocycles. The fraction of sp³-hybridized carbons (Fsp3) is 0.393. The van der Waals surface area contributed by atoms with Crippen molar-refractivity contribution in [3.63, 3.8) is 0 Å². The highest BCUT2D eigenvalue weighted by molar-refractivity contribution is 7.91. The molecule has 1 amide bonds. The van der Waals surface area contributed by atoms with Crippen LogP contribution in [0.4, 0.5) is 10.6 Å². The molecular weight excluding hydrogens is 570 g/mol. The molecule has 1 aliphatic rings. The largest absolute Gasteiger partial charge is 0.443 e. The second-order valence-electron chi connectivity index (χ2n) is 10.9. The Morgan fingerprint density at radius 1 is 1.07 bits per heavy atom. The number of imidazole rings is 1. The number of aliphatic hydroxyl groups is 1. The molecule has 0 aliphatic carbocycles. The fourth-order valence-corrected chi connectivity index (χ4v) is 6.53. The molecule has 4 aromatic rings. The van der Waals surface area contributed by atoms with Gasteiger partial charge in [-0.05, 0) is 57.2 Å². The topological polar surface area (TPSA) is 126 Å². The maximum Gasteiger partial charge on any atom is 0.420 e. The molecule has 4 heterocycles. The molecule has 0 bridgehead atoms. The number of sulfone groups is 1. The monoisotopic (exact) mass is 601 g/mol. The van der Waals surface area contributed by atoms with Gasteiger partial charge in [-0.3, -0.25) is 9.20 Å². The van der Waals surface area contributed by atoms with E-state index in [4.69, 9.17) is 16.3 Å². The number of amides is 1. The zero-order chi connectivity index (χ0) is 29.5. The molecule has 13 heteroatoms. The van der Waals surface area contributed by atoms with Crippen molar-refractivity contribution in [2.75, 3.05) is 36.8 Å². The number of benzene rings is 1. The van der Waals surface area contributed by atoms with Gasteiger partial charge in [0.25, 0.3) is 0 Å². The summed E-state index contributed by atoms with van der Waals surface area (Å²) in [5.74, 6) is 0.163. The summed E-state index contributed by atoms with van der Waals surface area (Å²) in [6.45, 7) is 6.89. The number of piperazine rings is 1. The van der Waals surface area contributed by atoms with Gasteiger partial charge in [0.05, 0.1) is 23.6 Å². The molecule has 0 unspecified atom stereocenters.